The topological polar surface area (TPSA) is 90.4 Å². The fraction of sp³-hybridized carbons (Fsp3) is 0.417. The molecule has 5 heteroatoms. The predicted molar refractivity (Wildman–Crippen MR) is 68.0 cm³/mol. The molecule has 0 heterocycles. The first kappa shape index (κ1) is 13.3. The Morgan fingerprint density at radius 3 is 2.76 bits per heavy atom. The van der Waals surface area contributed by atoms with Crippen LogP contribution in [0, 0.1) is 0 Å². The highest BCUT2D eigenvalue weighted by atomic mass is 16.5. The quantitative estimate of drug-likeness (QED) is 0.503. The van der Waals surface area contributed by atoms with Gasteiger partial charge in [0.1, 0.15) is 5.75 Å². The van der Waals surface area contributed by atoms with Crippen molar-refractivity contribution in [2.75, 3.05) is 25.9 Å². The van der Waals surface area contributed by atoms with Crippen LogP contribution < -0.4 is 21.5 Å². The minimum atomic E-state index is -0.165. The highest BCUT2D eigenvalue weighted by molar-refractivity contribution is 5.99. The van der Waals surface area contributed by atoms with E-state index in [4.69, 9.17) is 16.2 Å². The number of nitrogens with two attached hydrogens (primary N) is 2. The number of rotatable bonds is 6. The summed E-state index contributed by atoms with van der Waals surface area (Å²) in [4.78, 5) is 11.8. The third-order valence-electron chi connectivity index (χ3n) is 2.42. The Hall–Kier alpha value is -1.75. The Morgan fingerprint density at radius 2 is 2.18 bits per heavy atom. The zero-order chi connectivity index (χ0) is 12.7. The van der Waals surface area contributed by atoms with Gasteiger partial charge in [-0.25, -0.2) is 0 Å². The van der Waals surface area contributed by atoms with Crippen molar-refractivity contribution in [1.29, 1.82) is 0 Å². The summed E-state index contributed by atoms with van der Waals surface area (Å²) in [6, 6.07) is 5.01. The largest absolute Gasteiger partial charge is 0.497 e. The van der Waals surface area contributed by atoms with Gasteiger partial charge in [0.15, 0.2) is 0 Å². The lowest BCUT2D eigenvalue weighted by Gasteiger charge is -2.08. The minimum Gasteiger partial charge on any atom is -0.497 e. The second-order valence-electron chi connectivity index (χ2n) is 3.70. The molecule has 0 saturated heterocycles. The third kappa shape index (κ3) is 3.96. The molecule has 94 valence electrons. The van der Waals surface area contributed by atoms with Crippen molar-refractivity contribution in [1.82, 2.24) is 5.32 Å². The van der Waals surface area contributed by atoms with Crippen molar-refractivity contribution in [3.8, 4) is 5.75 Å². The summed E-state index contributed by atoms with van der Waals surface area (Å²) in [5.41, 5.74) is 12.0. The molecule has 0 aromatic heterocycles. The molecular weight excluding hydrogens is 218 g/mol. The molecule has 0 aliphatic rings. The Balaban J connectivity index is 2.57. The fourth-order valence-electron chi connectivity index (χ4n) is 1.44. The maximum atomic E-state index is 11.8. The van der Waals surface area contributed by atoms with E-state index in [2.05, 4.69) is 5.32 Å². The van der Waals surface area contributed by atoms with E-state index in [0.29, 0.717) is 30.1 Å². The van der Waals surface area contributed by atoms with E-state index in [1.54, 1.807) is 25.3 Å². The number of ether oxygens (including phenoxy) is 1. The van der Waals surface area contributed by atoms with Gasteiger partial charge in [0.25, 0.3) is 5.91 Å². The van der Waals surface area contributed by atoms with Crippen molar-refractivity contribution in [3.05, 3.63) is 23.8 Å². The van der Waals surface area contributed by atoms with Gasteiger partial charge in [-0.05, 0) is 31.5 Å². The average Bonchev–Trinajstić information content (AvgIpc) is 2.34. The zero-order valence-corrected chi connectivity index (χ0v) is 10.0. The summed E-state index contributed by atoms with van der Waals surface area (Å²) >= 11 is 0. The number of anilines is 1. The van der Waals surface area contributed by atoms with E-state index in [0.717, 1.165) is 12.8 Å². The maximum Gasteiger partial charge on any atom is 0.253 e. The summed E-state index contributed by atoms with van der Waals surface area (Å²) < 4.78 is 5.02. The molecule has 1 aromatic rings. The number of hydrogen-bond acceptors (Lipinski definition) is 4. The summed E-state index contributed by atoms with van der Waals surface area (Å²) in [5, 5.41) is 2.80. The molecule has 0 bridgehead atoms. The molecule has 0 unspecified atom stereocenters. The van der Waals surface area contributed by atoms with Crippen LogP contribution in [0.2, 0.25) is 0 Å². The second kappa shape index (κ2) is 6.75. The van der Waals surface area contributed by atoms with Gasteiger partial charge in [-0.3, -0.25) is 4.79 Å². The van der Waals surface area contributed by atoms with E-state index >= 15 is 0 Å². The number of nitrogens with one attached hydrogen (secondary N) is 1. The number of methoxy groups -OCH3 is 1. The molecule has 0 aliphatic heterocycles. The predicted octanol–water partition coefficient (Wildman–Crippen LogP) is 0.746. The number of unbranched alkanes of at least 4 members (excludes halogenated alkanes) is 1. The highest BCUT2D eigenvalue weighted by Crippen LogP contribution is 2.19. The molecule has 5 N–H and O–H groups in total. The maximum absolute atomic E-state index is 11.8. The van der Waals surface area contributed by atoms with E-state index in [-0.39, 0.29) is 5.91 Å². The zero-order valence-electron chi connectivity index (χ0n) is 10.0. The van der Waals surface area contributed by atoms with Gasteiger partial charge in [-0.2, -0.15) is 0 Å². The van der Waals surface area contributed by atoms with Crippen LogP contribution >= 0.6 is 0 Å². The van der Waals surface area contributed by atoms with Gasteiger partial charge in [0.2, 0.25) is 0 Å². The SMILES string of the molecule is COc1ccc(C(=O)NCCCCN)c(N)c1. The molecule has 1 amide bonds. The van der Waals surface area contributed by atoms with Gasteiger partial charge in [0, 0.05) is 18.3 Å². The molecule has 0 radical (unpaired) electrons. The molecule has 0 spiro atoms. The van der Waals surface area contributed by atoms with Gasteiger partial charge in [-0.1, -0.05) is 0 Å². The van der Waals surface area contributed by atoms with E-state index in [1.807, 2.05) is 0 Å². The number of benzene rings is 1. The van der Waals surface area contributed by atoms with Crippen LogP contribution in [0.25, 0.3) is 0 Å². The molecule has 1 aromatic carbocycles. The van der Waals surface area contributed by atoms with Crippen molar-refractivity contribution in [2.24, 2.45) is 5.73 Å². The molecule has 5 nitrogen and oxygen atoms in total. The molecular formula is C12H19N3O2. The van der Waals surface area contributed by atoms with Gasteiger partial charge >= 0.3 is 0 Å². The van der Waals surface area contributed by atoms with Crippen LogP contribution in [-0.4, -0.2) is 26.1 Å². The van der Waals surface area contributed by atoms with Gasteiger partial charge < -0.3 is 21.5 Å². The first-order valence-corrected chi connectivity index (χ1v) is 5.61. The molecule has 0 atom stereocenters. The molecule has 17 heavy (non-hydrogen) atoms. The van der Waals surface area contributed by atoms with E-state index < -0.39 is 0 Å². The fourth-order valence-corrected chi connectivity index (χ4v) is 1.44. The van der Waals surface area contributed by atoms with Crippen molar-refractivity contribution in [2.45, 2.75) is 12.8 Å². The summed E-state index contributed by atoms with van der Waals surface area (Å²) in [5.74, 6) is 0.476. The van der Waals surface area contributed by atoms with Crippen molar-refractivity contribution in [3.63, 3.8) is 0 Å². The molecule has 0 saturated carbocycles. The monoisotopic (exact) mass is 237 g/mol. The van der Waals surface area contributed by atoms with Crippen LogP contribution in [0.4, 0.5) is 5.69 Å². The first-order chi connectivity index (χ1) is 8.19. The smallest absolute Gasteiger partial charge is 0.253 e. The van der Waals surface area contributed by atoms with Gasteiger partial charge in [0.05, 0.1) is 12.7 Å². The van der Waals surface area contributed by atoms with Crippen LogP contribution in [0.5, 0.6) is 5.75 Å². The first-order valence-electron chi connectivity index (χ1n) is 5.61. The molecule has 1 rings (SSSR count). The minimum absolute atomic E-state index is 0.165. The second-order valence-corrected chi connectivity index (χ2v) is 3.70. The number of amides is 1. The Labute approximate surface area is 101 Å². The lowest BCUT2D eigenvalue weighted by molar-refractivity contribution is 0.0954. The van der Waals surface area contributed by atoms with E-state index in [1.165, 1.54) is 0 Å². The lowest BCUT2D eigenvalue weighted by atomic mass is 10.1. The standard InChI is InChI=1S/C12H19N3O2/c1-17-9-4-5-10(11(14)8-9)12(16)15-7-3-2-6-13/h4-5,8H,2-3,6-7,13-14H2,1H3,(H,15,16). The summed E-state index contributed by atoms with van der Waals surface area (Å²) in [6.07, 6.45) is 1.77. The van der Waals surface area contributed by atoms with Crippen LogP contribution in [0.15, 0.2) is 18.2 Å². The normalized spacial score (nSPS) is 10.0. The lowest BCUT2D eigenvalue weighted by Crippen LogP contribution is -2.25. The summed E-state index contributed by atoms with van der Waals surface area (Å²) in [6.45, 7) is 1.25. The van der Waals surface area contributed by atoms with E-state index in [9.17, 15) is 4.79 Å². The number of nitrogen functional groups attached to an aromatic ring is 1. The Morgan fingerprint density at radius 1 is 1.41 bits per heavy atom. The van der Waals surface area contributed by atoms with Crippen LogP contribution in [0.1, 0.15) is 23.2 Å². The number of hydrogen-bond donors (Lipinski definition) is 3. The third-order valence-corrected chi connectivity index (χ3v) is 2.42. The molecule has 0 fully saturated rings. The van der Waals surface area contributed by atoms with Crippen molar-refractivity contribution < 1.29 is 9.53 Å². The van der Waals surface area contributed by atoms with Gasteiger partial charge in [-0.15, -0.1) is 0 Å². The number of carbonyl (C=O) groups is 1. The van der Waals surface area contributed by atoms with Crippen LogP contribution in [0.3, 0.4) is 0 Å². The average molecular weight is 237 g/mol. The van der Waals surface area contributed by atoms with Crippen molar-refractivity contribution >= 4 is 11.6 Å². The van der Waals surface area contributed by atoms with Crippen LogP contribution in [-0.2, 0) is 0 Å². The summed E-state index contributed by atoms with van der Waals surface area (Å²) in [7, 11) is 1.56. The highest BCUT2D eigenvalue weighted by Gasteiger charge is 2.09. The Bertz CT molecular complexity index is 380. The Kier molecular flexibility index (Phi) is 5.29. The molecule has 0 aliphatic carbocycles. The number of carbonyl (C=O) groups excluding carboxylic acids is 1.